The molecule has 3 rings (SSSR count). The van der Waals surface area contributed by atoms with Crippen molar-refractivity contribution in [3.05, 3.63) is 35.5 Å². The molecule has 2 unspecified atom stereocenters. The molecule has 2 heterocycles. The topological polar surface area (TPSA) is 67.4 Å². The fourth-order valence-corrected chi connectivity index (χ4v) is 4.07. The van der Waals surface area contributed by atoms with Crippen molar-refractivity contribution in [2.75, 3.05) is 13.7 Å². The van der Waals surface area contributed by atoms with E-state index >= 15 is 0 Å². The minimum absolute atomic E-state index is 0.0695. The van der Waals surface area contributed by atoms with Gasteiger partial charge < -0.3 is 14.7 Å². The summed E-state index contributed by atoms with van der Waals surface area (Å²) >= 11 is 0. The van der Waals surface area contributed by atoms with Gasteiger partial charge in [-0.3, -0.25) is 9.79 Å². The molecule has 0 bridgehead atoms. The number of nitrogens with zero attached hydrogens (tertiary/aromatic N) is 2. The van der Waals surface area contributed by atoms with Crippen molar-refractivity contribution in [1.82, 2.24) is 4.57 Å². The van der Waals surface area contributed by atoms with Crippen LogP contribution in [-0.4, -0.2) is 42.5 Å². The molecular weight excluding hydrogens is 362 g/mol. The van der Waals surface area contributed by atoms with E-state index in [9.17, 15) is 4.79 Å². The minimum Gasteiger partial charge on any atom is -0.385 e. The highest BCUT2D eigenvalue weighted by molar-refractivity contribution is 6.02. The lowest BCUT2D eigenvalue weighted by Gasteiger charge is -2.07. The Hall–Kier alpha value is -2.27. The zero-order valence-electron chi connectivity index (χ0n) is 17.7. The Balaban J connectivity index is 1.67. The van der Waals surface area contributed by atoms with E-state index in [1.54, 1.807) is 7.11 Å². The summed E-state index contributed by atoms with van der Waals surface area (Å²) in [7, 11) is 1.74. The molecule has 0 spiro atoms. The van der Waals surface area contributed by atoms with Gasteiger partial charge in [0, 0.05) is 49.5 Å². The number of nitrogens with one attached hydrogen (secondary N) is 1. The number of unbranched alkanes of at least 4 members (excludes halogenated alkanes) is 3. The van der Waals surface area contributed by atoms with Gasteiger partial charge in [-0.05, 0) is 43.4 Å². The van der Waals surface area contributed by atoms with Crippen molar-refractivity contribution < 1.29 is 9.53 Å². The molecule has 0 saturated carbocycles. The van der Waals surface area contributed by atoms with Crippen LogP contribution in [0, 0.1) is 11.3 Å². The zero-order valence-corrected chi connectivity index (χ0v) is 17.7. The lowest BCUT2D eigenvalue weighted by atomic mass is 10.00. The van der Waals surface area contributed by atoms with Gasteiger partial charge in [-0.25, -0.2) is 0 Å². The van der Waals surface area contributed by atoms with Gasteiger partial charge in [0.05, 0.1) is 11.7 Å². The summed E-state index contributed by atoms with van der Waals surface area (Å²) < 4.78 is 7.25. The SMILES string of the molecule is COCCCCCCC(C=N)N=Cc1ccc2cc3n(c2c1)CCCC(C)C3=O. The Morgan fingerprint density at radius 1 is 1.28 bits per heavy atom. The summed E-state index contributed by atoms with van der Waals surface area (Å²) in [5.74, 6) is 0.354. The summed E-state index contributed by atoms with van der Waals surface area (Å²) in [6.07, 6.45) is 10.7. The van der Waals surface area contributed by atoms with Crippen LogP contribution in [0.4, 0.5) is 0 Å². The number of ether oxygens (including phenoxy) is 1. The highest BCUT2D eigenvalue weighted by Gasteiger charge is 2.23. The van der Waals surface area contributed by atoms with Gasteiger partial charge in [-0.15, -0.1) is 0 Å². The number of aryl methyl sites for hydroxylation is 1. The van der Waals surface area contributed by atoms with Crippen molar-refractivity contribution in [2.45, 2.75) is 64.5 Å². The van der Waals surface area contributed by atoms with E-state index in [0.29, 0.717) is 0 Å². The van der Waals surface area contributed by atoms with Gasteiger partial charge >= 0.3 is 0 Å². The first kappa shape index (κ1) is 21.4. The largest absolute Gasteiger partial charge is 0.385 e. The summed E-state index contributed by atoms with van der Waals surface area (Å²) in [4.78, 5) is 17.3. The molecule has 1 aromatic heterocycles. The van der Waals surface area contributed by atoms with E-state index in [0.717, 1.165) is 80.3 Å². The van der Waals surface area contributed by atoms with Gasteiger partial charge in [0.2, 0.25) is 0 Å². The monoisotopic (exact) mass is 395 g/mol. The molecule has 0 saturated heterocycles. The smallest absolute Gasteiger partial charge is 0.182 e. The van der Waals surface area contributed by atoms with E-state index in [1.165, 1.54) is 6.21 Å². The lowest BCUT2D eigenvalue weighted by molar-refractivity contribution is 0.0923. The Morgan fingerprint density at radius 3 is 2.90 bits per heavy atom. The molecule has 29 heavy (non-hydrogen) atoms. The molecule has 2 aromatic rings. The maximum Gasteiger partial charge on any atom is 0.182 e. The van der Waals surface area contributed by atoms with Crippen LogP contribution < -0.4 is 0 Å². The van der Waals surface area contributed by atoms with Crippen LogP contribution in [0.25, 0.3) is 10.9 Å². The molecule has 2 atom stereocenters. The van der Waals surface area contributed by atoms with Gasteiger partial charge in [0.1, 0.15) is 0 Å². The molecular formula is C24H33N3O2. The third-order valence-electron chi connectivity index (χ3n) is 5.85. The van der Waals surface area contributed by atoms with Crippen molar-refractivity contribution in [3.8, 4) is 0 Å². The normalized spacial score (nSPS) is 18.1. The van der Waals surface area contributed by atoms with Crippen molar-refractivity contribution in [1.29, 1.82) is 5.41 Å². The maximum atomic E-state index is 12.6. The van der Waals surface area contributed by atoms with Crippen LogP contribution in [0.2, 0.25) is 0 Å². The lowest BCUT2D eigenvalue weighted by Crippen LogP contribution is -2.11. The summed E-state index contributed by atoms with van der Waals surface area (Å²) in [5, 5.41) is 8.78. The van der Waals surface area contributed by atoms with Crippen LogP contribution in [-0.2, 0) is 11.3 Å². The van der Waals surface area contributed by atoms with Gasteiger partial charge in [0.25, 0.3) is 0 Å². The molecule has 0 radical (unpaired) electrons. The van der Waals surface area contributed by atoms with E-state index in [2.05, 4.69) is 21.7 Å². The molecule has 1 N–H and O–H groups in total. The van der Waals surface area contributed by atoms with E-state index in [4.69, 9.17) is 10.1 Å². The number of methoxy groups -OCH3 is 1. The second-order valence-electron chi connectivity index (χ2n) is 8.11. The predicted octanol–water partition coefficient (Wildman–Crippen LogP) is 5.29. The number of benzene rings is 1. The fourth-order valence-electron chi connectivity index (χ4n) is 4.07. The van der Waals surface area contributed by atoms with E-state index < -0.39 is 0 Å². The highest BCUT2D eigenvalue weighted by Crippen LogP contribution is 2.27. The average Bonchev–Trinajstić information content (AvgIpc) is 3.03. The number of carbonyl (C=O) groups is 1. The molecule has 0 aliphatic carbocycles. The highest BCUT2D eigenvalue weighted by atomic mass is 16.5. The van der Waals surface area contributed by atoms with Gasteiger partial charge in [-0.2, -0.15) is 0 Å². The molecule has 0 fully saturated rings. The van der Waals surface area contributed by atoms with Crippen molar-refractivity contribution >= 4 is 29.1 Å². The number of fused-ring (bicyclic) bond motifs is 3. The maximum absolute atomic E-state index is 12.6. The number of hydrogen-bond donors (Lipinski definition) is 1. The number of aliphatic imine (C=N–C) groups is 1. The van der Waals surface area contributed by atoms with Crippen LogP contribution >= 0.6 is 0 Å². The van der Waals surface area contributed by atoms with Crippen LogP contribution in [0.5, 0.6) is 0 Å². The molecule has 5 heteroatoms. The molecule has 1 aliphatic rings. The average molecular weight is 396 g/mol. The first-order valence-corrected chi connectivity index (χ1v) is 10.8. The molecule has 5 nitrogen and oxygen atoms in total. The van der Waals surface area contributed by atoms with Crippen LogP contribution in [0.15, 0.2) is 29.3 Å². The number of carbonyl (C=O) groups excluding carboxylic acids is 1. The number of Topliss-reactive ketones (excluding diaryl/α,β-unsaturated/α-hetero) is 1. The quantitative estimate of drug-likeness (QED) is 0.439. The number of hydrogen-bond acceptors (Lipinski definition) is 4. The van der Waals surface area contributed by atoms with Gasteiger partial charge in [-0.1, -0.05) is 38.3 Å². The van der Waals surface area contributed by atoms with E-state index in [1.807, 2.05) is 25.3 Å². The molecule has 1 aliphatic heterocycles. The first-order valence-electron chi connectivity index (χ1n) is 10.8. The Labute approximate surface area is 173 Å². The Morgan fingerprint density at radius 2 is 2.10 bits per heavy atom. The summed E-state index contributed by atoms with van der Waals surface area (Å²) in [6.45, 7) is 3.74. The summed E-state index contributed by atoms with van der Waals surface area (Å²) in [5.41, 5.74) is 2.97. The zero-order chi connectivity index (χ0) is 20.6. The standard InChI is InChI=1S/C24H33N3O2/c1-18-8-7-12-27-22-14-19(10-11-20(22)15-23(27)24(18)28)17-26-21(16-25)9-5-3-4-6-13-29-2/h10-11,14-18,21,25H,3-9,12-13H2,1-2H3. The van der Waals surface area contributed by atoms with Crippen LogP contribution in [0.3, 0.4) is 0 Å². The van der Waals surface area contributed by atoms with E-state index in [-0.39, 0.29) is 17.7 Å². The third-order valence-corrected chi connectivity index (χ3v) is 5.85. The second-order valence-corrected chi connectivity index (χ2v) is 8.11. The Kier molecular flexibility index (Phi) is 7.76. The first-order chi connectivity index (χ1) is 14.1. The van der Waals surface area contributed by atoms with Crippen molar-refractivity contribution in [3.63, 3.8) is 0 Å². The molecule has 0 amide bonds. The predicted molar refractivity (Wildman–Crippen MR) is 120 cm³/mol. The molecule has 1 aromatic carbocycles. The van der Waals surface area contributed by atoms with Crippen LogP contribution in [0.1, 0.15) is 67.9 Å². The number of rotatable bonds is 10. The molecule has 156 valence electrons. The van der Waals surface area contributed by atoms with Crippen molar-refractivity contribution in [2.24, 2.45) is 10.9 Å². The fraction of sp³-hybridized carbons (Fsp3) is 0.542. The second kappa shape index (κ2) is 10.5. The minimum atomic E-state index is -0.0695. The summed E-state index contributed by atoms with van der Waals surface area (Å²) in [6, 6.07) is 8.21. The number of ketones is 1. The van der Waals surface area contributed by atoms with Gasteiger partial charge in [0.15, 0.2) is 5.78 Å². The third kappa shape index (κ3) is 5.41. The number of aromatic nitrogens is 1. The Bertz CT molecular complexity index is 868.